The van der Waals surface area contributed by atoms with Gasteiger partial charge in [0.1, 0.15) is 0 Å². The van der Waals surface area contributed by atoms with Gasteiger partial charge in [-0.05, 0) is 44.2 Å². The van der Waals surface area contributed by atoms with E-state index < -0.39 is 0 Å². The van der Waals surface area contributed by atoms with Crippen LogP contribution in [0.25, 0.3) is 0 Å². The lowest BCUT2D eigenvalue weighted by molar-refractivity contribution is 0.431. The molecule has 0 saturated heterocycles. The van der Waals surface area contributed by atoms with E-state index in [0.717, 1.165) is 6.04 Å². The largest absolute Gasteiger partial charge is 0.314 e. The van der Waals surface area contributed by atoms with Crippen molar-refractivity contribution in [2.45, 2.75) is 64.8 Å². The maximum Gasteiger partial charge on any atom is 0.00669 e. The molecule has 0 radical (unpaired) electrons. The van der Waals surface area contributed by atoms with Gasteiger partial charge in [0.15, 0.2) is 0 Å². The Bertz CT molecular complexity index is 117. The Kier molecular flexibility index (Phi) is 12.6. The molecule has 0 spiro atoms. The van der Waals surface area contributed by atoms with E-state index in [1.54, 1.807) is 0 Å². The highest BCUT2D eigenvalue weighted by Crippen LogP contribution is 2.10. The molecule has 0 aromatic rings. The molecule has 0 aromatic carbocycles. The van der Waals surface area contributed by atoms with E-state index in [1.807, 2.05) is 11.8 Å². The summed E-state index contributed by atoms with van der Waals surface area (Å²) in [5.74, 6) is 1.33. The van der Waals surface area contributed by atoms with E-state index in [0.29, 0.717) is 0 Å². The average Bonchev–Trinajstić information content (AvgIpc) is 2.25. The van der Waals surface area contributed by atoms with Gasteiger partial charge >= 0.3 is 0 Å². The molecule has 2 heteroatoms. The minimum atomic E-state index is 0.782. The second-order valence-electron chi connectivity index (χ2n) is 4.28. The smallest absolute Gasteiger partial charge is 0.00669 e. The zero-order chi connectivity index (χ0) is 11.4. The summed E-state index contributed by atoms with van der Waals surface area (Å²) in [5.41, 5.74) is 0. The van der Waals surface area contributed by atoms with E-state index in [4.69, 9.17) is 0 Å². The minimum Gasteiger partial charge on any atom is -0.314 e. The number of hydrogen-bond donors (Lipinski definition) is 1. The standard InChI is InChI=1S/C13H29NS/c1-4-9-13(14-11-5-2)10-7-6-8-12-15-3/h13-14H,4-12H2,1-3H3. The Labute approximate surface area is 101 Å². The molecule has 0 aliphatic heterocycles. The molecule has 0 aromatic heterocycles. The third-order valence-electron chi connectivity index (χ3n) is 2.72. The van der Waals surface area contributed by atoms with Crippen molar-refractivity contribution in [1.29, 1.82) is 0 Å². The Balaban J connectivity index is 3.38. The van der Waals surface area contributed by atoms with Gasteiger partial charge in [-0.25, -0.2) is 0 Å². The molecular weight excluding hydrogens is 202 g/mol. The number of unbranched alkanes of at least 4 members (excludes halogenated alkanes) is 2. The fourth-order valence-corrected chi connectivity index (χ4v) is 2.35. The molecule has 0 aliphatic rings. The lowest BCUT2D eigenvalue weighted by Crippen LogP contribution is -2.29. The van der Waals surface area contributed by atoms with Crippen LogP contribution < -0.4 is 5.32 Å². The number of rotatable bonds is 11. The monoisotopic (exact) mass is 231 g/mol. The first-order valence-electron chi connectivity index (χ1n) is 6.57. The highest BCUT2D eigenvalue weighted by Gasteiger charge is 2.05. The first-order valence-corrected chi connectivity index (χ1v) is 7.96. The SMILES string of the molecule is CCCNC(CCC)CCCCCSC. The molecule has 1 nitrogen and oxygen atoms in total. The maximum atomic E-state index is 3.66. The van der Waals surface area contributed by atoms with E-state index >= 15 is 0 Å². The van der Waals surface area contributed by atoms with Gasteiger partial charge in [0.2, 0.25) is 0 Å². The molecule has 0 rings (SSSR count). The molecular formula is C13H29NS. The summed E-state index contributed by atoms with van der Waals surface area (Å²) < 4.78 is 0. The Morgan fingerprint density at radius 2 is 1.80 bits per heavy atom. The molecule has 0 bridgehead atoms. The highest BCUT2D eigenvalue weighted by atomic mass is 32.2. The summed E-state index contributed by atoms with van der Waals surface area (Å²) in [6, 6.07) is 0.782. The van der Waals surface area contributed by atoms with Crippen LogP contribution in [0.15, 0.2) is 0 Å². The fourth-order valence-electron chi connectivity index (χ4n) is 1.86. The van der Waals surface area contributed by atoms with Crippen molar-refractivity contribution in [2.24, 2.45) is 0 Å². The van der Waals surface area contributed by atoms with Gasteiger partial charge in [0.25, 0.3) is 0 Å². The molecule has 1 N–H and O–H groups in total. The Hall–Kier alpha value is 0.310. The predicted molar refractivity (Wildman–Crippen MR) is 73.8 cm³/mol. The summed E-state index contributed by atoms with van der Waals surface area (Å²) in [5, 5.41) is 3.66. The van der Waals surface area contributed by atoms with Gasteiger partial charge < -0.3 is 5.32 Å². The maximum absolute atomic E-state index is 3.66. The predicted octanol–water partition coefficient (Wildman–Crippen LogP) is 4.08. The third-order valence-corrected chi connectivity index (χ3v) is 3.42. The number of nitrogens with one attached hydrogen (secondary N) is 1. The van der Waals surface area contributed by atoms with E-state index in [2.05, 4.69) is 25.4 Å². The van der Waals surface area contributed by atoms with Crippen molar-refractivity contribution in [1.82, 2.24) is 5.32 Å². The summed E-state index contributed by atoms with van der Waals surface area (Å²) in [7, 11) is 0. The molecule has 0 saturated carbocycles. The van der Waals surface area contributed by atoms with Crippen LogP contribution in [0.2, 0.25) is 0 Å². The van der Waals surface area contributed by atoms with Crippen molar-refractivity contribution in [2.75, 3.05) is 18.6 Å². The first-order chi connectivity index (χ1) is 7.35. The van der Waals surface area contributed by atoms with Gasteiger partial charge in [-0.15, -0.1) is 0 Å². The minimum absolute atomic E-state index is 0.782. The second kappa shape index (κ2) is 12.4. The van der Waals surface area contributed by atoms with Crippen molar-refractivity contribution < 1.29 is 0 Å². The van der Waals surface area contributed by atoms with Gasteiger partial charge in [0, 0.05) is 6.04 Å². The van der Waals surface area contributed by atoms with Crippen LogP contribution in [-0.2, 0) is 0 Å². The average molecular weight is 231 g/mol. The van der Waals surface area contributed by atoms with Crippen molar-refractivity contribution in [3.05, 3.63) is 0 Å². The van der Waals surface area contributed by atoms with Crippen molar-refractivity contribution in [3.63, 3.8) is 0 Å². The summed E-state index contributed by atoms with van der Waals surface area (Å²) in [6.07, 6.45) is 11.7. The summed E-state index contributed by atoms with van der Waals surface area (Å²) >= 11 is 1.97. The van der Waals surface area contributed by atoms with Crippen LogP contribution in [0.5, 0.6) is 0 Å². The Morgan fingerprint density at radius 3 is 2.40 bits per heavy atom. The molecule has 0 heterocycles. The summed E-state index contributed by atoms with van der Waals surface area (Å²) in [4.78, 5) is 0. The fraction of sp³-hybridized carbons (Fsp3) is 1.00. The van der Waals surface area contributed by atoms with Gasteiger partial charge in [-0.1, -0.05) is 33.1 Å². The molecule has 0 aliphatic carbocycles. The zero-order valence-corrected chi connectivity index (χ0v) is 11.7. The molecule has 0 fully saturated rings. The van der Waals surface area contributed by atoms with Crippen LogP contribution >= 0.6 is 11.8 Å². The van der Waals surface area contributed by atoms with E-state index in [1.165, 1.54) is 57.2 Å². The lowest BCUT2D eigenvalue weighted by atomic mass is 10.0. The lowest BCUT2D eigenvalue weighted by Gasteiger charge is -2.17. The molecule has 1 unspecified atom stereocenters. The zero-order valence-electron chi connectivity index (χ0n) is 10.8. The molecule has 15 heavy (non-hydrogen) atoms. The van der Waals surface area contributed by atoms with Crippen LogP contribution in [0.4, 0.5) is 0 Å². The molecule has 0 amide bonds. The third kappa shape index (κ3) is 10.6. The normalized spacial score (nSPS) is 13.0. The van der Waals surface area contributed by atoms with Crippen LogP contribution in [0.1, 0.15) is 58.8 Å². The topological polar surface area (TPSA) is 12.0 Å². The van der Waals surface area contributed by atoms with Crippen LogP contribution in [0.3, 0.4) is 0 Å². The van der Waals surface area contributed by atoms with Crippen molar-refractivity contribution >= 4 is 11.8 Å². The van der Waals surface area contributed by atoms with Gasteiger partial charge in [-0.2, -0.15) is 11.8 Å². The molecule has 92 valence electrons. The van der Waals surface area contributed by atoms with E-state index in [-0.39, 0.29) is 0 Å². The Morgan fingerprint density at radius 1 is 1.00 bits per heavy atom. The van der Waals surface area contributed by atoms with Crippen LogP contribution in [0, 0.1) is 0 Å². The molecule has 1 atom stereocenters. The summed E-state index contributed by atoms with van der Waals surface area (Å²) in [6.45, 7) is 5.72. The van der Waals surface area contributed by atoms with E-state index in [9.17, 15) is 0 Å². The number of thioether (sulfide) groups is 1. The highest BCUT2D eigenvalue weighted by molar-refractivity contribution is 7.98. The second-order valence-corrected chi connectivity index (χ2v) is 5.27. The van der Waals surface area contributed by atoms with Gasteiger partial charge in [-0.3, -0.25) is 0 Å². The first kappa shape index (κ1) is 15.3. The van der Waals surface area contributed by atoms with Crippen LogP contribution in [-0.4, -0.2) is 24.6 Å². The van der Waals surface area contributed by atoms with Gasteiger partial charge in [0.05, 0.1) is 0 Å². The quantitative estimate of drug-likeness (QED) is 0.538. The van der Waals surface area contributed by atoms with Crippen molar-refractivity contribution in [3.8, 4) is 0 Å². The number of hydrogen-bond acceptors (Lipinski definition) is 2.